The van der Waals surface area contributed by atoms with Crippen molar-refractivity contribution in [3.63, 3.8) is 0 Å². The Balaban J connectivity index is 3.49. The number of hydrogen-bond acceptors (Lipinski definition) is 2. The molecule has 0 bridgehead atoms. The molecule has 0 amide bonds. The lowest BCUT2D eigenvalue weighted by atomic mass is 10.1. The predicted molar refractivity (Wildman–Crippen MR) is 59.0 cm³/mol. The molecule has 2 heteroatoms. The van der Waals surface area contributed by atoms with Gasteiger partial charge < -0.3 is 4.74 Å². The van der Waals surface area contributed by atoms with Crippen molar-refractivity contribution in [1.29, 1.82) is 0 Å². The van der Waals surface area contributed by atoms with E-state index in [-0.39, 0.29) is 11.9 Å². The lowest BCUT2D eigenvalue weighted by Gasteiger charge is -2.07. The van der Waals surface area contributed by atoms with E-state index >= 15 is 0 Å². The molecule has 1 unspecified atom stereocenters. The molecule has 0 aliphatic carbocycles. The van der Waals surface area contributed by atoms with Crippen LogP contribution in [0.2, 0.25) is 0 Å². The lowest BCUT2D eigenvalue weighted by Crippen LogP contribution is -2.14. The van der Waals surface area contributed by atoms with Crippen LogP contribution < -0.4 is 0 Å². The van der Waals surface area contributed by atoms with E-state index in [1.54, 1.807) is 0 Å². The smallest absolute Gasteiger partial charge is 0.308 e. The first-order valence-corrected chi connectivity index (χ1v) is 5.16. The third-order valence-corrected chi connectivity index (χ3v) is 1.98. The number of carbonyl (C=O) groups excluding carboxylic acids is 1. The summed E-state index contributed by atoms with van der Waals surface area (Å²) in [7, 11) is 0. The third kappa shape index (κ3) is 6.46. The largest absolute Gasteiger partial charge is 0.465 e. The van der Waals surface area contributed by atoms with Gasteiger partial charge in [-0.1, -0.05) is 38.2 Å². The zero-order valence-corrected chi connectivity index (χ0v) is 9.32. The summed E-state index contributed by atoms with van der Waals surface area (Å²) in [6.07, 6.45) is 9.49. The van der Waals surface area contributed by atoms with Gasteiger partial charge in [0.05, 0.1) is 12.5 Å². The van der Waals surface area contributed by atoms with Crippen LogP contribution in [0.15, 0.2) is 24.3 Å². The van der Waals surface area contributed by atoms with E-state index in [0.717, 1.165) is 12.8 Å². The van der Waals surface area contributed by atoms with Gasteiger partial charge in [0.2, 0.25) is 0 Å². The molecule has 14 heavy (non-hydrogen) atoms. The maximum absolute atomic E-state index is 11.2. The van der Waals surface area contributed by atoms with E-state index < -0.39 is 0 Å². The van der Waals surface area contributed by atoms with Gasteiger partial charge in [-0.25, -0.2) is 0 Å². The highest BCUT2D eigenvalue weighted by Crippen LogP contribution is 2.03. The SMILES string of the molecule is C/C=C/C=C\CCOC(=O)C(C)CC. The number of esters is 1. The molecule has 0 saturated heterocycles. The second-order valence-electron chi connectivity index (χ2n) is 3.22. The Kier molecular flexibility index (Phi) is 7.90. The molecule has 80 valence electrons. The second kappa shape index (κ2) is 8.54. The minimum Gasteiger partial charge on any atom is -0.465 e. The Morgan fingerprint density at radius 1 is 1.43 bits per heavy atom. The van der Waals surface area contributed by atoms with Gasteiger partial charge in [-0.3, -0.25) is 4.79 Å². The van der Waals surface area contributed by atoms with Gasteiger partial charge in [0.25, 0.3) is 0 Å². The van der Waals surface area contributed by atoms with Crippen LogP contribution in [-0.4, -0.2) is 12.6 Å². The monoisotopic (exact) mass is 196 g/mol. The summed E-state index contributed by atoms with van der Waals surface area (Å²) in [5.41, 5.74) is 0. The summed E-state index contributed by atoms with van der Waals surface area (Å²) >= 11 is 0. The minimum absolute atomic E-state index is 0.0227. The highest BCUT2D eigenvalue weighted by molar-refractivity contribution is 5.71. The predicted octanol–water partition coefficient (Wildman–Crippen LogP) is 3.10. The normalized spacial score (nSPS) is 13.6. The van der Waals surface area contributed by atoms with Crippen molar-refractivity contribution in [2.45, 2.75) is 33.6 Å². The summed E-state index contributed by atoms with van der Waals surface area (Å²) in [5, 5.41) is 0. The highest BCUT2D eigenvalue weighted by atomic mass is 16.5. The Bertz CT molecular complexity index is 204. The third-order valence-electron chi connectivity index (χ3n) is 1.98. The standard InChI is InChI=1S/C12H20O2/c1-4-6-7-8-9-10-14-12(13)11(3)5-2/h4,6-8,11H,5,9-10H2,1-3H3/b6-4+,8-7-. The molecule has 0 spiro atoms. The summed E-state index contributed by atoms with van der Waals surface area (Å²) in [5.74, 6) is -0.0681. The van der Waals surface area contributed by atoms with Gasteiger partial charge in [0, 0.05) is 0 Å². The molecule has 0 heterocycles. The fraction of sp³-hybridized carbons (Fsp3) is 0.583. The molecular formula is C12H20O2. The van der Waals surface area contributed by atoms with Crippen molar-refractivity contribution in [3.05, 3.63) is 24.3 Å². The number of rotatable bonds is 6. The molecule has 2 nitrogen and oxygen atoms in total. The number of allylic oxidation sites excluding steroid dienone is 3. The van der Waals surface area contributed by atoms with Gasteiger partial charge in [-0.05, 0) is 19.8 Å². The Hall–Kier alpha value is -1.05. The summed E-state index contributed by atoms with van der Waals surface area (Å²) in [4.78, 5) is 11.2. The fourth-order valence-corrected chi connectivity index (χ4v) is 0.822. The van der Waals surface area contributed by atoms with E-state index in [0.29, 0.717) is 6.61 Å². The zero-order chi connectivity index (χ0) is 10.8. The van der Waals surface area contributed by atoms with Crippen molar-refractivity contribution in [2.24, 2.45) is 5.92 Å². The summed E-state index contributed by atoms with van der Waals surface area (Å²) < 4.78 is 5.06. The van der Waals surface area contributed by atoms with Crippen LogP contribution in [0, 0.1) is 5.92 Å². The maximum atomic E-state index is 11.2. The van der Waals surface area contributed by atoms with Gasteiger partial charge >= 0.3 is 5.97 Å². The number of ether oxygens (including phenoxy) is 1. The first-order chi connectivity index (χ1) is 6.72. The molecule has 0 fully saturated rings. The average Bonchev–Trinajstić information content (AvgIpc) is 2.21. The highest BCUT2D eigenvalue weighted by Gasteiger charge is 2.10. The molecule has 0 radical (unpaired) electrons. The van der Waals surface area contributed by atoms with Gasteiger partial charge in [-0.2, -0.15) is 0 Å². The van der Waals surface area contributed by atoms with Crippen molar-refractivity contribution < 1.29 is 9.53 Å². The zero-order valence-electron chi connectivity index (χ0n) is 9.32. The van der Waals surface area contributed by atoms with Crippen LogP contribution in [0.5, 0.6) is 0 Å². The van der Waals surface area contributed by atoms with E-state index in [9.17, 15) is 4.79 Å². The van der Waals surface area contributed by atoms with Crippen LogP contribution in [0.25, 0.3) is 0 Å². The molecule has 0 N–H and O–H groups in total. The molecule has 0 aromatic heterocycles. The second-order valence-corrected chi connectivity index (χ2v) is 3.22. The van der Waals surface area contributed by atoms with E-state index in [2.05, 4.69) is 0 Å². The van der Waals surface area contributed by atoms with Crippen LogP contribution in [0.3, 0.4) is 0 Å². The molecule has 1 atom stereocenters. The molecule has 0 aliphatic heterocycles. The molecule has 0 aromatic rings. The Morgan fingerprint density at radius 3 is 2.71 bits per heavy atom. The number of carbonyl (C=O) groups is 1. The minimum atomic E-state index is -0.0908. The van der Waals surface area contributed by atoms with E-state index in [1.807, 2.05) is 45.1 Å². The molecule has 0 aliphatic rings. The van der Waals surface area contributed by atoms with Crippen molar-refractivity contribution in [2.75, 3.05) is 6.61 Å². The number of hydrogen-bond donors (Lipinski definition) is 0. The van der Waals surface area contributed by atoms with E-state index in [1.165, 1.54) is 0 Å². The molecule has 0 rings (SSSR count). The maximum Gasteiger partial charge on any atom is 0.308 e. The first-order valence-electron chi connectivity index (χ1n) is 5.16. The van der Waals surface area contributed by atoms with Gasteiger partial charge in [0.1, 0.15) is 0 Å². The quantitative estimate of drug-likeness (QED) is 0.370. The van der Waals surface area contributed by atoms with E-state index in [4.69, 9.17) is 4.74 Å². The van der Waals surface area contributed by atoms with Crippen molar-refractivity contribution >= 4 is 5.97 Å². The topological polar surface area (TPSA) is 26.3 Å². The fourth-order valence-electron chi connectivity index (χ4n) is 0.822. The molecule has 0 saturated carbocycles. The average molecular weight is 196 g/mol. The van der Waals surface area contributed by atoms with Crippen molar-refractivity contribution in [3.8, 4) is 0 Å². The van der Waals surface area contributed by atoms with Crippen molar-refractivity contribution in [1.82, 2.24) is 0 Å². The molecule has 0 aromatic carbocycles. The Morgan fingerprint density at radius 2 is 2.14 bits per heavy atom. The van der Waals surface area contributed by atoms with Gasteiger partial charge in [0.15, 0.2) is 0 Å². The Labute approximate surface area is 86.6 Å². The van der Waals surface area contributed by atoms with Gasteiger partial charge in [-0.15, -0.1) is 0 Å². The summed E-state index contributed by atoms with van der Waals surface area (Å²) in [6.45, 7) is 6.32. The lowest BCUT2D eigenvalue weighted by molar-refractivity contribution is -0.147. The van der Waals surface area contributed by atoms with Crippen LogP contribution in [-0.2, 0) is 9.53 Å². The molecular weight excluding hydrogens is 176 g/mol. The van der Waals surface area contributed by atoms with Crippen LogP contribution in [0.1, 0.15) is 33.6 Å². The first kappa shape index (κ1) is 12.9. The van der Waals surface area contributed by atoms with Crippen LogP contribution >= 0.6 is 0 Å². The van der Waals surface area contributed by atoms with Crippen LogP contribution in [0.4, 0.5) is 0 Å². The summed E-state index contributed by atoms with van der Waals surface area (Å²) in [6, 6.07) is 0.